The minimum Gasteiger partial charge on any atom is -0.273 e. The maximum absolute atomic E-state index is 10.7. The Kier molecular flexibility index (Phi) is 3.30. The third kappa shape index (κ3) is 3.14. The Hall–Kier alpha value is -0.170. The molecular formula is C9H18N2O3S. The van der Waals surface area contributed by atoms with Crippen molar-refractivity contribution in [3.8, 4) is 0 Å². The fourth-order valence-corrected chi connectivity index (χ4v) is 3.34. The average molecular weight is 234 g/mol. The molecule has 0 amide bonds. The van der Waals surface area contributed by atoms with Crippen molar-refractivity contribution in [2.75, 3.05) is 13.1 Å². The summed E-state index contributed by atoms with van der Waals surface area (Å²) in [4.78, 5) is 2.15. The van der Waals surface area contributed by atoms with Crippen molar-refractivity contribution in [2.45, 2.75) is 32.1 Å². The van der Waals surface area contributed by atoms with Gasteiger partial charge >= 0.3 is 10.3 Å². The monoisotopic (exact) mass is 234 g/mol. The molecule has 0 aromatic rings. The molecule has 88 valence electrons. The Morgan fingerprint density at radius 3 is 2.47 bits per heavy atom. The number of piperidine rings is 1. The highest BCUT2D eigenvalue weighted by molar-refractivity contribution is 7.83. The first-order chi connectivity index (χ1) is 7.04. The van der Waals surface area contributed by atoms with Crippen LogP contribution in [0.15, 0.2) is 0 Å². The van der Waals surface area contributed by atoms with E-state index in [0.717, 1.165) is 18.9 Å². The number of fused-ring (bicyclic) bond motifs is 1. The molecule has 1 heterocycles. The second kappa shape index (κ2) is 4.37. The zero-order valence-electron chi connectivity index (χ0n) is 8.72. The zero-order valence-corrected chi connectivity index (χ0v) is 9.54. The van der Waals surface area contributed by atoms with E-state index in [9.17, 15) is 8.42 Å². The van der Waals surface area contributed by atoms with E-state index in [1.165, 1.54) is 25.7 Å². The highest BCUT2D eigenvalue weighted by Gasteiger charge is 2.32. The molecule has 2 atom stereocenters. The molecule has 0 radical (unpaired) electrons. The first-order valence-corrected chi connectivity index (χ1v) is 6.98. The standard InChI is InChI=1S/C9H18N2O3S/c12-15(13,14)10-11-6-5-8-3-1-2-4-9(8)7-11/h8-10H,1-7H2,(H,12,13,14). The zero-order chi connectivity index (χ0) is 10.9. The van der Waals surface area contributed by atoms with Crippen LogP contribution < -0.4 is 4.83 Å². The Morgan fingerprint density at radius 2 is 1.80 bits per heavy atom. The lowest BCUT2D eigenvalue weighted by Crippen LogP contribution is -2.50. The average Bonchev–Trinajstić information content (AvgIpc) is 2.15. The second-order valence-corrected chi connectivity index (χ2v) is 5.74. The van der Waals surface area contributed by atoms with Gasteiger partial charge in [-0.2, -0.15) is 8.42 Å². The van der Waals surface area contributed by atoms with Crippen molar-refractivity contribution in [2.24, 2.45) is 11.8 Å². The smallest absolute Gasteiger partial charge is 0.273 e. The Morgan fingerprint density at radius 1 is 1.13 bits per heavy atom. The topological polar surface area (TPSA) is 69.6 Å². The first-order valence-electron chi connectivity index (χ1n) is 5.54. The van der Waals surface area contributed by atoms with Crippen molar-refractivity contribution in [3.05, 3.63) is 0 Å². The quantitative estimate of drug-likeness (QED) is 0.694. The van der Waals surface area contributed by atoms with E-state index in [0.29, 0.717) is 12.5 Å². The maximum atomic E-state index is 10.7. The van der Waals surface area contributed by atoms with Crippen LogP contribution in [0.25, 0.3) is 0 Å². The van der Waals surface area contributed by atoms with Gasteiger partial charge in [0.25, 0.3) is 0 Å². The molecule has 1 aliphatic carbocycles. The minimum atomic E-state index is -4.09. The van der Waals surface area contributed by atoms with Gasteiger partial charge in [-0.15, -0.1) is 4.83 Å². The summed E-state index contributed by atoms with van der Waals surface area (Å²) in [6.45, 7) is 1.45. The van der Waals surface area contributed by atoms with Crippen LogP contribution in [-0.4, -0.2) is 31.1 Å². The predicted molar refractivity (Wildman–Crippen MR) is 56.3 cm³/mol. The summed E-state index contributed by atoms with van der Waals surface area (Å²) in [6, 6.07) is 0. The first kappa shape index (κ1) is 11.3. The predicted octanol–water partition coefficient (Wildman–Crippen LogP) is 0.806. The summed E-state index contributed by atoms with van der Waals surface area (Å²) in [5, 5.41) is 1.63. The fourth-order valence-electron chi connectivity index (χ4n) is 2.85. The molecule has 6 heteroatoms. The lowest BCUT2D eigenvalue weighted by Gasteiger charge is -2.40. The van der Waals surface area contributed by atoms with E-state index in [-0.39, 0.29) is 0 Å². The molecule has 2 unspecified atom stereocenters. The largest absolute Gasteiger partial charge is 0.346 e. The maximum Gasteiger partial charge on any atom is 0.346 e. The molecule has 15 heavy (non-hydrogen) atoms. The van der Waals surface area contributed by atoms with Crippen LogP contribution in [0.3, 0.4) is 0 Å². The Bertz CT molecular complexity index is 317. The molecule has 0 aromatic heterocycles. The number of hydrogen-bond donors (Lipinski definition) is 2. The fraction of sp³-hybridized carbons (Fsp3) is 1.00. The van der Waals surface area contributed by atoms with Gasteiger partial charge < -0.3 is 0 Å². The van der Waals surface area contributed by atoms with Crippen LogP contribution in [0, 0.1) is 11.8 Å². The number of hydrazine groups is 1. The summed E-state index contributed by atoms with van der Waals surface area (Å²) in [6.07, 6.45) is 6.07. The molecule has 5 nitrogen and oxygen atoms in total. The van der Waals surface area contributed by atoms with E-state index >= 15 is 0 Å². The van der Waals surface area contributed by atoms with Crippen LogP contribution in [0.1, 0.15) is 32.1 Å². The third-order valence-electron chi connectivity index (χ3n) is 3.54. The van der Waals surface area contributed by atoms with E-state index in [1.54, 1.807) is 5.01 Å². The second-order valence-electron chi connectivity index (χ2n) is 4.61. The minimum absolute atomic E-state index is 0.599. The van der Waals surface area contributed by atoms with Crippen LogP contribution >= 0.6 is 0 Å². The SMILES string of the molecule is O=S(=O)(O)NN1CCC2CCCCC2C1. The Labute approximate surface area is 90.7 Å². The molecule has 2 N–H and O–H groups in total. The van der Waals surface area contributed by atoms with Crippen LogP contribution in [0.2, 0.25) is 0 Å². The van der Waals surface area contributed by atoms with E-state index < -0.39 is 10.3 Å². The molecule has 1 saturated heterocycles. The molecule has 0 aromatic carbocycles. The highest BCUT2D eigenvalue weighted by atomic mass is 32.2. The van der Waals surface area contributed by atoms with E-state index in [4.69, 9.17) is 4.55 Å². The van der Waals surface area contributed by atoms with Crippen LogP contribution in [0.4, 0.5) is 0 Å². The lowest BCUT2D eigenvalue weighted by molar-refractivity contribution is 0.0700. The summed E-state index contributed by atoms with van der Waals surface area (Å²) in [5.41, 5.74) is 0. The summed E-state index contributed by atoms with van der Waals surface area (Å²) in [5.74, 6) is 1.36. The number of nitrogens with zero attached hydrogens (tertiary/aromatic N) is 1. The van der Waals surface area contributed by atoms with Crippen molar-refractivity contribution in [1.29, 1.82) is 0 Å². The van der Waals surface area contributed by atoms with Gasteiger partial charge in [0.15, 0.2) is 0 Å². The summed E-state index contributed by atoms with van der Waals surface area (Å²) in [7, 11) is -4.09. The lowest BCUT2D eigenvalue weighted by atomic mass is 9.75. The van der Waals surface area contributed by atoms with Gasteiger partial charge in [0.1, 0.15) is 0 Å². The van der Waals surface area contributed by atoms with Crippen LogP contribution in [0.5, 0.6) is 0 Å². The normalized spacial score (nSPS) is 33.7. The molecular weight excluding hydrogens is 216 g/mol. The molecule has 2 rings (SSSR count). The number of nitrogens with one attached hydrogen (secondary N) is 1. The van der Waals surface area contributed by atoms with Crippen LogP contribution in [-0.2, 0) is 10.3 Å². The van der Waals surface area contributed by atoms with E-state index in [1.807, 2.05) is 0 Å². The van der Waals surface area contributed by atoms with Gasteiger partial charge in [0, 0.05) is 13.1 Å². The molecule has 1 saturated carbocycles. The number of rotatable bonds is 2. The van der Waals surface area contributed by atoms with Gasteiger partial charge in [0.2, 0.25) is 0 Å². The number of hydrogen-bond acceptors (Lipinski definition) is 3. The summed E-state index contributed by atoms with van der Waals surface area (Å²) >= 11 is 0. The van der Waals surface area contributed by atoms with Gasteiger partial charge in [0.05, 0.1) is 0 Å². The van der Waals surface area contributed by atoms with Gasteiger partial charge in [-0.1, -0.05) is 19.3 Å². The van der Waals surface area contributed by atoms with Gasteiger partial charge in [-0.25, -0.2) is 5.01 Å². The van der Waals surface area contributed by atoms with Crippen molar-refractivity contribution >= 4 is 10.3 Å². The van der Waals surface area contributed by atoms with Gasteiger partial charge in [-0.05, 0) is 24.7 Å². The molecule has 0 spiro atoms. The Balaban J connectivity index is 1.91. The highest BCUT2D eigenvalue weighted by Crippen LogP contribution is 2.35. The third-order valence-corrected chi connectivity index (χ3v) is 4.02. The van der Waals surface area contributed by atoms with Crippen molar-refractivity contribution in [1.82, 2.24) is 9.84 Å². The molecule has 2 fully saturated rings. The summed E-state index contributed by atoms with van der Waals surface area (Å²) < 4.78 is 30.0. The molecule has 0 bridgehead atoms. The molecule has 1 aliphatic heterocycles. The molecule has 2 aliphatic rings. The van der Waals surface area contributed by atoms with Gasteiger partial charge in [-0.3, -0.25) is 4.55 Å². The van der Waals surface area contributed by atoms with Crippen molar-refractivity contribution in [3.63, 3.8) is 0 Å². The van der Waals surface area contributed by atoms with Crippen molar-refractivity contribution < 1.29 is 13.0 Å². The van der Waals surface area contributed by atoms with E-state index in [2.05, 4.69) is 4.83 Å².